The Morgan fingerprint density at radius 3 is 2.75 bits per heavy atom. The first kappa shape index (κ1) is 14.9. The van der Waals surface area contributed by atoms with Crippen molar-refractivity contribution in [3.05, 3.63) is 28.2 Å². The van der Waals surface area contributed by atoms with Crippen molar-refractivity contribution in [1.29, 1.82) is 0 Å². The number of nitrogens with one attached hydrogen (secondary N) is 1. The highest BCUT2D eigenvalue weighted by Crippen LogP contribution is 2.39. The molecule has 2 aromatic rings. The zero-order valence-corrected chi connectivity index (χ0v) is 17.8. The Bertz CT molecular complexity index is 1480. The average Bonchev–Trinajstić information content (AvgIpc) is 3.14. The summed E-state index contributed by atoms with van der Waals surface area (Å²) in [6.07, 6.45) is -10.8. The van der Waals surface area contributed by atoms with Crippen molar-refractivity contribution in [2.24, 2.45) is 0 Å². The van der Waals surface area contributed by atoms with Crippen molar-refractivity contribution in [3.63, 3.8) is 0 Å². The van der Waals surface area contributed by atoms with E-state index in [2.05, 4.69) is 15.3 Å². The van der Waals surface area contributed by atoms with Crippen LogP contribution in [0.4, 0.5) is 14.7 Å². The molecule has 2 aliphatic rings. The van der Waals surface area contributed by atoms with Crippen LogP contribution in [-0.2, 0) is 10.0 Å². The van der Waals surface area contributed by atoms with Gasteiger partial charge in [-0.05, 0) is 45.0 Å². The quantitative estimate of drug-likeness (QED) is 0.674. The van der Waals surface area contributed by atoms with Gasteiger partial charge in [0.1, 0.15) is 5.65 Å². The summed E-state index contributed by atoms with van der Waals surface area (Å²) in [5.74, 6) is -0.585. The summed E-state index contributed by atoms with van der Waals surface area (Å²) in [4.78, 5) is 21.1. The van der Waals surface area contributed by atoms with Crippen LogP contribution >= 0.6 is 0 Å². The maximum atomic E-state index is 13.7. The number of rotatable bonds is 5. The van der Waals surface area contributed by atoms with E-state index in [4.69, 9.17) is 11.0 Å². The predicted molar refractivity (Wildman–Crippen MR) is 115 cm³/mol. The molecule has 2 atom stereocenters. The minimum Gasteiger partial charge on any atom is -0.388 e. The van der Waals surface area contributed by atoms with Crippen LogP contribution in [0.25, 0.3) is 11.0 Å². The van der Waals surface area contributed by atoms with E-state index in [-0.39, 0.29) is 28.2 Å². The molecule has 3 heterocycles. The molecule has 0 unspecified atom stereocenters. The lowest BCUT2D eigenvalue weighted by atomic mass is 9.99. The zero-order chi connectivity index (χ0) is 30.3. The fourth-order valence-corrected chi connectivity index (χ4v) is 4.48. The summed E-state index contributed by atoms with van der Waals surface area (Å²) in [6.45, 7) is -0.934. The molecule has 2 fully saturated rings. The molecule has 1 aliphatic heterocycles. The topological polar surface area (TPSA) is 117 Å². The summed E-state index contributed by atoms with van der Waals surface area (Å²) in [5.41, 5.74) is -3.66. The third kappa shape index (κ3) is 4.35. The molecule has 1 saturated heterocycles. The van der Waals surface area contributed by atoms with Crippen molar-refractivity contribution in [2.75, 3.05) is 24.6 Å². The SMILES string of the molecule is [2H]C1([2H])CN(S(=O)(=O)C([2H])([2H])[2H])CC([2H])([2H])C1([2H])Nc1ncc2cc(C(F)F)c(=O)n([C@@H]3CCC[C@@]3(C)O)c2n1. The number of aliphatic hydroxyl groups is 1. The van der Waals surface area contributed by atoms with Gasteiger partial charge < -0.3 is 10.4 Å². The first-order valence-electron chi connectivity index (χ1n) is 13.8. The number of sulfonamides is 1. The number of nitrogens with zero attached hydrogens (tertiary/aromatic N) is 4. The summed E-state index contributed by atoms with van der Waals surface area (Å²) >= 11 is 0. The van der Waals surface area contributed by atoms with Crippen LogP contribution in [0.1, 0.15) is 67.9 Å². The van der Waals surface area contributed by atoms with Gasteiger partial charge >= 0.3 is 0 Å². The lowest BCUT2D eigenvalue weighted by molar-refractivity contribution is 0.0261. The van der Waals surface area contributed by atoms with Crippen LogP contribution in [0.3, 0.4) is 0 Å². The highest BCUT2D eigenvalue weighted by Gasteiger charge is 2.40. The number of hydrogen-bond acceptors (Lipinski definition) is 7. The number of anilines is 1. The largest absolute Gasteiger partial charge is 0.388 e. The van der Waals surface area contributed by atoms with Gasteiger partial charge in [0.25, 0.3) is 12.0 Å². The molecule has 0 amide bonds. The molecule has 9 nitrogen and oxygen atoms in total. The van der Waals surface area contributed by atoms with E-state index >= 15 is 0 Å². The molecule has 12 heteroatoms. The van der Waals surface area contributed by atoms with Crippen LogP contribution in [-0.4, -0.2) is 63.3 Å². The molecule has 176 valence electrons. The minimum absolute atomic E-state index is 0.0354. The predicted octanol–water partition coefficient (Wildman–Crippen LogP) is 2.04. The minimum atomic E-state index is -5.15. The van der Waals surface area contributed by atoms with E-state index in [1.807, 2.05) is 0 Å². The highest BCUT2D eigenvalue weighted by molar-refractivity contribution is 7.88. The maximum Gasteiger partial charge on any atom is 0.269 e. The molecular formula is C20H27F2N5O4S. The number of pyridine rings is 1. The van der Waals surface area contributed by atoms with Crippen LogP contribution in [0.5, 0.6) is 0 Å². The van der Waals surface area contributed by atoms with E-state index in [1.54, 1.807) is 0 Å². The number of fused-ring (bicyclic) bond motifs is 1. The third-order valence-corrected chi connectivity index (χ3v) is 6.61. The van der Waals surface area contributed by atoms with Crippen molar-refractivity contribution in [2.45, 2.75) is 63.0 Å². The van der Waals surface area contributed by atoms with Crippen molar-refractivity contribution in [3.8, 4) is 0 Å². The monoisotopic (exact) mass is 479 g/mol. The average molecular weight is 480 g/mol. The molecule has 1 saturated carbocycles. The van der Waals surface area contributed by atoms with Gasteiger partial charge in [0.05, 0.1) is 24.8 Å². The molecule has 32 heavy (non-hydrogen) atoms. The Balaban J connectivity index is 1.83. The fraction of sp³-hybridized carbons (Fsp3) is 0.650. The summed E-state index contributed by atoms with van der Waals surface area (Å²) in [6, 6.07) is -3.07. The zero-order valence-electron chi connectivity index (χ0n) is 25.0. The van der Waals surface area contributed by atoms with Gasteiger partial charge in [-0.25, -0.2) is 26.5 Å². The van der Waals surface area contributed by atoms with E-state index in [0.717, 1.165) is 16.8 Å². The van der Waals surface area contributed by atoms with Gasteiger partial charge in [-0.2, -0.15) is 4.98 Å². The molecule has 0 bridgehead atoms. The van der Waals surface area contributed by atoms with Crippen LogP contribution in [0, 0.1) is 0 Å². The second-order valence-corrected chi connectivity index (χ2v) is 9.41. The van der Waals surface area contributed by atoms with Crippen LogP contribution in [0.15, 0.2) is 17.1 Å². The molecule has 1 aliphatic carbocycles. The standard InChI is InChI=1S/C20H27F2N5O4S/c1-20(29)7-3-4-15(20)27-17-12(10-14(16(21)22)18(27)28)11-23-19(25-17)24-13-5-8-26(9-6-13)32(2,30)31/h10-11,13,15-16,29H,3-9H2,1-2H3,(H,23,24,25)/t15-,20-/m1/s1/i2D3,5D2,6D2,13D. The lowest BCUT2D eigenvalue weighted by Gasteiger charge is -2.31. The maximum absolute atomic E-state index is 13.7. The van der Waals surface area contributed by atoms with Crippen molar-refractivity contribution < 1.29 is 33.3 Å². The number of aromatic nitrogens is 3. The number of hydrogen-bond donors (Lipinski definition) is 2. The first-order chi connectivity index (χ1) is 18.1. The third-order valence-electron chi connectivity index (χ3n) is 5.67. The number of halogens is 2. The smallest absolute Gasteiger partial charge is 0.269 e. The molecule has 0 radical (unpaired) electrons. The second-order valence-electron chi connectivity index (χ2n) is 7.94. The van der Waals surface area contributed by atoms with Crippen molar-refractivity contribution >= 4 is 27.0 Å². The molecular weight excluding hydrogens is 444 g/mol. The number of piperidine rings is 1. The summed E-state index contributed by atoms with van der Waals surface area (Å²) in [7, 11) is -5.15. The Morgan fingerprint density at radius 2 is 2.16 bits per heavy atom. The Morgan fingerprint density at radius 1 is 1.44 bits per heavy atom. The highest BCUT2D eigenvalue weighted by atomic mass is 32.2. The summed E-state index contributed by atoms with van der Waals surface area (Å²) in [5, 5.41) is 13.1. The van der Waals surface area contributed by atoms with Gasteiger partial charge in [-0.3, -0.25) is 9.36 Å². The Labute approximate surface area is 195 Å². The van der Waals surface area contributed by atoms with Gasteiger partial charge in [-0.15, -0.1) is 0 Å². The Hall–Kier alpha value is -2.18. The molecule has 0 spiro atoms. The van der Waals surface area contributed by atoms with Crippen LogP contribution in [0.2, 0.25) is 0 Å². The molecule has 2 aromatic heterocycles. The molecule has 0 aromatic carbocycles. The van der Waals surface area contributed by atoms with Gasteiger partial charge in [-0.1, -0.05) is 0 Å². The first-order valence-corrected chi connectivity index (χ1v) is 11.2. The second kappa shape index (κ2) is 8.31. The molecule has 2 N–H and O–H groups in total. The summed E-state index contributed by atoms with van der Waals surface area (Å²) < 4.78 is 117. The van der Waals surface area contributed by atoms with Crippen LogP contribution < -0.4 is 10.9 Å². The van der Waals surface area contributed by atoms with E-state index < -0.39 is 83.2 Å². The normalized spacial score (nSPS) is 33.8. The lowest BCUT2D eigenvalue weighted by Crippen LogP contribution is -2.42. The molecule has 4 rings (SSSR count). The van der Waals surface area contributed by atoms with Gasteiger partial charge in [0.2, 0.25) is 16.0 Å². The Kier molecular flexibility index (Phi) is 3.86. The van der Waals surface area contributed by atoms with Crippen molar-refractivity contribution in [1.82, 2.24) is 18.8 Å². The van der Waals surface area contributed by atoms with Gasteiger partial charge in [0, 0.05) is 40.3 Å². The van der Waals surface area contributed by atoms with E-state index in [9.17, 15) is 27.1 Å². The fourth-order valence-electron chi connectivity index (χ4n) is 4.01. The van der Waals surface area contributed by atoms with Gasteiger partial charge in [0.15, 0.2) is 0 Å². The van der Waals surface area contributed by atoms with E-state index in [0.29, 0.717) is 6.42 Å². The van der Waals surface area contributed by atoms with E-state index in [1.165, 1.54) is 6.92 Å². The number of alkyl halides is 2.